The molecule has 66 valence electrons. The van der Waals surface area contributed by atoms with E-state index >= 15 is 0 Å². The molecular formula is C8H11FN2O. The van der Waals surface area contributed by atoms with Crippen molar-refractivity contribution in [1.29, 1.82) is 0 Å². The third-order valence-corrected chi connectivity index (χ3v) is 1.53. The van der Waals surface area contributed by atoms with Gasteiger partial charge in [0.25, 0.3) is 0 Å². The Morgan fingerprint density at radius 3 is 2.50 bits per heavy atom. The summed E-state index contributed by atoms with van der Waals surface area (Å²) in [6.07, 6.45) is -0.410. The van der Waals surface area contributed by atoms with Gasteiger partial charge in [-0.25, -0.2) is 9.82 Å². The van der Waals surface area contributed by atoms with Crippen molar-refractivity contribution < 1.29 is 9.50 Å². The molecule has 0 radical (unpaired) electrons. The molecule has 0 aliphatic carbocycles. The molecule has 1 rings (SSSR count). The molecule has 1 aromatic rings. The highest BCUT2D eigenvalue weighted by molar-refractivity contribution is 5.16. The quantitative estimate of drug-likeness (QED) is 0.344. The van der Waals surface area contributed by atoms with Gasteiger partial charge in [0.1, 0.15) is 12.0 Å². The van der Waals surface area contributed by atoms with Gasteiger partial charge in [-0.3, -0.25) is 5.84 Å². The number of hydrogen-bond donors (Lipinski definition) is 3. The first-order valence-electron chi connectivity index (χ1n) is 3.61. The van der Waals surface area contributed by atoms with E-state index in [0.29, 0.717) is 6.42 Å². The van der Waals surface area contributed by atoms with Crippen LogP contribution in [-0.2, 0) is 6.42 Å². The monoisotopic (exact) mass is 170 g/mol. The van der Waals surface area contributed by atoms with Gasteiger partial charge >= 0.3 is 0 Å². The number of hydrogen-bond acceptors (Lipinski definition) is 3. The van der Waals surface area contributed by atoms with Crippen molar-refractivity contribution in [2.45, 2.75) is 12.6 Å². The van der Waals surface area contributed by atoms with Crippen molar-refractivity contribution in [1.82, 2.24) is 5.43 Å². The Balaban J connectivity index is 2.58. The fourth-order valence-electron chi connectivity index (χ4n) is 0.903. The van der Waals surface area contributed by atoms with Gasteiger partial charge in [0, 0.05) is 6.42 Å². The molecule has 0 spiro atoms. The van der Waals surface area contributed by atoms with Crippen LogP contribution < -0.4 is 11.3 Å². The molecule has 3 nitrogen and oxygen atoms in total. The third kappa shape index (κ3) is 2.58. The summed E-state index contributed by atoms with van der Waals surface area (Å²) in [4.78, 5) is 0. The smallest absolute Gasteiger partial charge is 0.123 e. The van der Waals surface area contributed by atoms with Crippen LogP contribution in [-0.4, -0.2) is 11.3 Å². The van der Waals surface area contributed by atoms with E-state index in [4.69, 9.17) is 10.9 Å². The number of aliphatic hydroxyl groups excluding tert-OH is 1. The Bertz CT molecular complexity index is 237. The molecule has 4 N–H and O–H groups in total. The maximum atomic E-state index is 12.4. The lowest BCUT2D eigenvalue weighted by molar-refractivity contribution is 0.138. The third-order valence-electron chi connectivity index (χ3n) is 1.53. The zero-order valence-corrected chi connectivity index (χ0v) is 6.50. The molecular weight excluding hydrogens is 159 g/mol. The molecule has 0 fully saturated rings. The van der Waals surface area contributed by atoms with Crippen LogP contribution in [0.5, 0.6) is 0 Å². The maximum Gasteiger partial charge on any atom is 0.123 e. The van der Waals surface area contributed by atoms with Crippen molar-refractivity contribution in [3.05, 3.63) is 35.6 Å². The molecule has 4 heteroatoms. The van der Waals surface area contributed by atoms with E-state index in [1.54, 1.807) is 12.1 Å². The van der Waals surface area contributed by atoms with E-state index in [9.17, 15) is 4.39 Å². The summed E-state index contributed by atoms with van der Waals surface area (Å²) in [6.45, 7) is 0. The fourth-order valence-corrected chi connectivity index (χ4v) is 0.903. The summed E-state index contributed by atoms with van der Waals surface area (Å²) in [5.41, 5.74) is 3.02. The molecule has 0 amide bonds. The topological polar surface area (TPSA) is 58.3 Å². The van der Waals surface area contributed by atoms with Crippen molar-refractivity contribution in [3.63, 3.8) is 0 Å². The predicted octanol–water partition coefficient (Wildman–Crippen LogP) is 0.150. The number of rotatable bonds is 3. The largest absolute Gasteiger partial charge is 0.377 e. The molecule has 1 aromatic carbocycles. The molecule has 1 atom stereocenters. The first kappa shape index (κ1) is 9.12. The van der Waals surface area contributed by atoms with Gasteiger partial charge in [-0.05, 0) is 17.7 Å². The zero-order chi connectivity index (χ0) is 8.97. The summed E-state index contributed by atoms with van der Waals surface area (Å²) in [7, 11) is 0. The van der Waals surface area contributed by atoms with Crippen LogP contribution in [0.2, 0.25) is 0 Å². The minimum atomic E-state index is -0.782. The molecule has 0 aliphatic heterocycles. The Labute approximate surface area is 70.0 Å². The maximum absolute atomic E-state index is 12.4. The lowest BCUT2D eigenvalue weighted by Crippen LogP contribution is -2.36. The summed E-state index contributed by atoms with van der Waals surface area (Å²) < 4.78 is 12.4. The number of hydrazine groups is 1. The highest BCUT2D eigenvalue weighted by Gasteiger charge is 2.01. The van der Waals surface area contributed by atoms with Crippen LogP contribution in [0.4, 0.5) is 4.39 Å². The summed E-state index contributed by atoms with van der Waals surface area (Å²) in [5.74, 6) is 4.69. The van der Waals surface area contributed by atoms with Crippen molar-refractivity contribution in [3.8, 4) is 0 Å². The number of halogens is 1. The van der Waals surface area contributed by atoms with E-state index in [0.717, 1.165) is 5.56 Å². The Morgan fingerprint density at radius 2 is 2.00 bits per heavy atom. The number of nitrogens with two attached hydrogens (primary N) is 1. The summed E-state index contributed by atoms with van der Waals surface area (Å²) >= 11 is 0. The molecule has 0 saturated heterocycles. The van der Waals surface area contributed by atoms with E-state index in [2.05, 4.69) is 5.43 Å². The molecule has 1 unspecified atom stereocenters. The van der Waals surface area contributed by atoms with Crippen molar-refractivity contribution in [2.24, 2.45) is 5.84 Å². The molecule has 0 saturated carbocycles. The van der Waals surface area contributed by atoms with Gasteiger partial charge < -0.3 is 5.11 Å². The second-order valence-electron chi connectivity index (χ2n) is 2.51. The molecule has 0 aliphatic rings. The van der Waals surface area contributed by atoms with Gasteiger partial charge in [-0.1, -0.05) is 12.1 Å². The SMILES string of the molecule is NNC(O)Cc1ccc(F)cc1. The van der Waals surface area contributed by atoms with Crippen molar-refractivity contribution >= 4 is 0 Å². The van der Waals surface area contributed by atoms with Gasteiger partial charge in [-0.15, -0.1) is 0 Å². The van der Waals surface area contributed by atoms with Gasteiger partial charge in [-0.2, -0.15) is 0 Å². The number of benzene rings is 1. The summed E-state index contributed by atoms with van der Waals surface area (Å²) in [5, 5.41) is 9.05. The highest BCUT2D eigenvalue weighted by atomic mass is 19.1. The van der Waals surface area contributed by atoms with Crippen LogP contribution in [0.1, 0.15) is 5.56 Å². The van der Waals surface area contributed by atoms with Crippen LogP contribution in [0.3, 0.4) is 0 Å². The molecule has 0 heterocycles. The average molecular weight is 170 g/mol. The van der Waals surface area contributed by atoms with Crippen LogP contribution in [0.25, 0.3) is 0 Å². The van der Waals surface area contributed by atoms with Crippen LogP contribution in [0, 0.1) is 5.82 Å². The van der Waals surface area contributed by atoms with Gasteiger partial charge in [0.05, 0.1) is 0 Å². The average Bonchev–Trinajstić information content (AvgIpc) is 2.09. The Morgan fingerprint density at radius 1 is 1.42 bits per heavy atom. The van der Waals surface area contributed by atoms with Gasteiger partial charge in [0.2, 0.25) is 0 Å². The minimum absolute atomic E-state index is 0.283. The normalized spacial score (nSPS) is 12.9. The lowest BCUT2D eigenvalue weighted by Gasteiger charge is -2.07. The van der Waals surface area contributed by atoms with Gasteiger partial charge in [0.15, 0.2) is 0 Å². The van der Waals surface area contributed by atoms with E-state index < -0.39 is 6.23 Å². The summed E-state index contributed by atoms with van der Waals surface area (Å²) in [6, 6.07) is 5.91. The van der Waals surface area contributed by atoms with Crippen LogP contribution in [0.15, 0.2) is 24.3 Å². The van der Waals surface area contributed by atoms with E-state index in [1.807, 2.05) is 0 Å². The van der Waals surface area contributed by atoms with Crippen molar-refractivity contribution in [2.75, 3.05) is 0 Å². The minimum Gasteiger partial charge on any atom is -0.377 e. The standard InChI is InChI=1S/C8H11FN2O/c9-7-3-1-6(2-4-7)5-8(12)11-10/h1-4,8,11-12H,5,10H2. The Hall–Kier alpha value is -0.970. The van der Waals surface area contributed by atoms with E-state index in [1.165, 1.54) is 12.1 Å². The molecule has 0 bridgehead atoms. The highest BCUT2D eigenvalue weighted by Crippen LogP contribution is 2.04. The Kier molecular flexibility index (Phi) is 3.16. The molecule has 0 aromatic heterocycles. The lowest BCUT2D eigenvalue weighted by atomic mass is 10.1. The fraction of sp³-hybridized carbons (Fsp3) is 0.250. The molecule has 12 heavy (non-hydrogen) atoms. The van der Waals surface area contributed by atoms with Crippen LogP contribution >= 0.6 is 0 Å². The second kappa shape index (κ2) is 4.15. The number of nitrogens with one attached hydrogen (secondary N) is 1. The van der Waals surface area contributed by atoms with E-state index in [-0.39, 0.29) is 5.82 Å². The first-order chi connectivity index (χ1) is 5.72. The zero-order valence-electron chi connectivity index (χ0n) is 6.50. The first-order valence-corrected chi connectivity index (χ1v) is 3.61. The number of aliphatic hydroxyl groups is 1. The second-order valence-corrected chi connectivity index (χ2v) is 2.51. The predicted molar refractivity (Wildman–Crippen MR) is 43.4 cm³/mol.